The first-order valence-electron chi connectivity index (χ1n) is 23.8. The predicted octanol–water partition coefficient (Wildman–Crippen LogP) is -5.85. The number of nitrogens with one attached hydrogen (secondary N) is 8. The van der Waals surface area contributed by atoms with E-state index < -0.39 is 108 Å². The number of thiol groups is 3. The van der Waals surface area contributed by atoms with E-state index in [2.05, 4.69) is 95.4 Å². The monoisotopic (exact) mass is 1110 g/mol. The third-order valence-corrected chi connectivity index (χ3v) is 11.7. The summed E-state index contributed by atoms with van der Waals surface area (Å²) in [4.78, 5) is 132. The number of guanidine groups is 3. The minimum atomic E-state index is -1.39. The molecule has 0 aliphatic heterocycles. The molecule has 0 unspecified atom stereocenters. The van der Waals surface area contributed by atoms with Gasteiger partial charge >= 0.3 is 5.97 Å². The highest BCUT2D eigenvalue weighted by atomic mass is 32.1. The molecule has 8 atom stereocenters. The molecule has 0 heterocycles. The molecule has 8 amide bonds. The number of rotatable bonds is 36. The van der Waals surface area contributed by atoms with E-state index in [1.165, 1.54) is 0 Å². The van der Waals surface area contributed by atoms with Gasteiger partial charge in [-0.25, -0.2) is 4.79 Å². The summed E-state index contributed by atoms with van der Waals surface area (Å²) >= 11 is 12.5. The molecule has 0 spiro atoms. The highest BCUT2D eigenvalue weighted by molar-refractivity contribution is 7.80. The Morgan fingerprint density at radius 2 is 0.893 bits per heavy atom. The van der Waals surface area contributed by atoms with Crippen molar-refractivity contribution in [2.75, 3.05) is 43.4 Å². The fraction of sp³-hybridized carbons (Fsp3) is 0.591. The highest BCUT2D eigenvalue weighted by Crippen LogP contribution is 2.10. The Bertz CT molecular complexity index is 2130. The van der Waals surface area contributed by atoms with Crippen molar-refractivity contribution in [3.05, 3.63) is 35.9 Å². The standard InChI is InChI=1S/C44H76N18O10S3/c1-23(2)17-28(59-40(70)30(20-73)60-34(64)25(45)11-6-14-52-42(46)47)37(67)61-31(21-74)39(69)58-27(13-8-16-54-44(50)51)36(66)57-26(12-7-15-53-43(48)49)35(65)55-19-33(63)56-29(18-24-9-4-3-5-10-24)38(68)62-32(22-75)41(71)72/h3-5,9-10,23,25-32,73-75H,6-8,11-22,45H2,1-2H3,(H,55,65)(H,56,63)(H,57,66)(H,58,69)(H,59,70)(H,60,64)(H,61,67)(H,62,68)(H,71,72)(H4,46,47,52)(H4,48,49,53)(H4,50,51,54)/t25-,26-,27-,28-,29-,30-,31-,32-/m0/s1. The van der Waals surface area contributed by atoms with Gasteiger partial charge in [-0.3, -0.25) is 53.3 Å². The summed E-state index contributed by atoms with van der Waals surface area (Å²) in [5.41, 5.74) is 39.2. The van der Waals surface area contributed by atoms with Crippen molar-refractivity contribution >= 4 is 109 Å². The smallest absolute Gasteiger partial charge is 0.327 e. The number of nitrogens with two attached hydrogens (primary N) is 7. The number of benzene rings is 1. The van der Waals surface area contributed by atoms with E-state index >= 15 is 0 Å². The number of carboxylic acids is 1. The van der Waals surface area contributed by atoms with Gasteiger partial charge in [-0.15, -0.1) is 0 Å². The molecule has 0 fully saturated rings. The van der Waals surface area contributed by atoms with Crippen LogP contribution in [0, 0.1) is 5.92 Å². The molecular formula is C44H76N18O10S3. The second-order valence-corrected chi connectivity index (χ2v) is 18.5. The fourth-order valence-corrected chi connectivity index (χ4v) is 7.47. The van der Waals surface area contributed by atoms with Gasteiger partial charge in [0.2, 0.25) is 47.3 Å². The van der Waals surface area contributed by atoms with Crippen LogP contribution in [0.4, 0.5) is 0 Å². The Hall–Kier alpha value is -6.73. The van der Waals surface area contributed by atoms with E-state index in [1.807, 2.05) is 0 Å². The molecule has 28 nitrogen and oxygen atoms in total. The number of carboxylic acid groups (broad SMARTS) is 1. The highest BCUT2D eigenvalue weighted by Gasteiger charge is 2.33. The van der Waals surface area contributed by atoms with Crippen molar-refractivity contribution in [2.45, 2.75) is 114 Å². The molecule has 0 saturated heterocycles. The molecular weight excluding hydrogens is 1040 g/mol. The van der Waals surface area contributed by atoms with Crippen LogP contribution in [0.2, 0.25) is 0 Å². The Balaban J connectivity index is 3.33. The molecule has 0 bridgehead atoms. The van der Waals surface area contributed by atoms with E-state index in [1.54, 1.807) is 44.2 Å². The molecule has 0 saturated carbocycles. The first kappa shape index (κ1) is 66.3. The van der Waals surface area contributed by atoms with E-state index in [-0.39, 0.29) is 106 Å². The molecule has 0 aromatic heterocycles. The van der Waals surface area contributed by atoms with Crippen LogP contribution in [0.1, 0.15) is 64.4 Å². The number of hydrogen-bond acceptors (Lipinski definition) is 16. The van der Waals surface area contributed by atoms with Gasteiger partial charge in [-0.1, -0.05) is 44.2 Å². The van der Waals surface area contributed by atoms with Crippen molar-refractivity contribution in [1.82, 2.24) is 42.5 Å². The largest absolute Gasteiger partial charge is 0.480 e. The third kappa shape index (κ3) is 27.9. The van der Waals surface area contributed by atoms with Gasteiger partial charge in [0, 0.05) is 43.3 Å². The average molecular weight is 1110 g/mol. The number of hydrogen-bond donors (Lipinski definition) is 19. The summed E-state index contributed by atoms with van der Waals surface area (Å²) in [6.07, 6.45) is 0.698. The van der Waals surface area contributed by atoms with Crippen LogP contribution in [0.5, 0.6) is 0 Å². The molecule has 0 aliphatic rings. The summed E-state index contributed by atoms with van der Waals surface area (Å²) in [6.45, 7) is 3.17. The van der Waals surface area contributed by atoms with Gasteiger partial charge in [0.15, 0.2) is 17.9 Å². The van der Waals surface area contributed by atoms with E-state index in [0.717, 1.165) is 0 Å². The lowest BCUT2D eigenvalue weighted by Crippen LogP contribution is -2.60. The fourth-order valence-electron chi connectivity index (χ4n) is 6.71. The van der Waals surface area contributed by atoms with Crippen LogP contribution >= 0.6 is 37.9 Å². The van der Waals surface area contributed by atoms with Crippen molar-refractivity contribution in [3.8, 4) is 0 Å². The van der Waals surface area contributed by atoms with Crippen molar-refractivity contribution < 1.29 is 48.3 Å². The lowest BCUT2D eigenvalue weighted by Gasteiger charge is -2.27. The lowest BCUT2D eigenvalue weighted by molar-refractivity contribution is -0.141. The molecule has 420 valence electrons. The average Bonchev–Trinajstić information content (AvgIpc) is 3.35. The maximum absolute atomic E-state index is 14.1. The maximum Gasteiger partial charge on any atom is 0.327 e. The number of aliphatic carboxylic acids is 1. The molecule has 1 rings (SSSR count). The van der Waals surface area contributed by atoms with Gasteiger partial charge in [0.25, 0.3) is 0 Å². The Kier molecular flexibility index (Phi) is 32.0. The summed E-state index contributed by atoms with van der Waals surface area (Å²) in [6, 6.07) is -1.71. The first-order chi connectivity index (χ1) is 35.4. The molecule has 75 heavy (non-hydrogen) atoms. The Labute approximate surface area is 451 Å². The zero-order valence-electron chi connectivity index (χ0n) is 42.0. The molecule has 23 N–H and O–H groups in total. The minimum absolute atomic E-state index is 0.0246. The van der Waals surface area contributed by atoms with Crippen molar-refractivity contribution in [3.63, 3.8) is 0 Å². The second-order valence-electron chi connectivity index (χ2n) is 17.4. The summed E-state index contributed by atoms with van der Waals surface area (Å²) < 4.78 is 0. The zero-order chi connectivity index (χ0) is 56.6. The zero-order valence-corrected chi connectivity index (χ0v) is 44.7. The second kappa shape index (κ2) is 36.3. The lowest BCUT2D eigenvalue weighted by atomic mass is 10.0. The van der Waals surface area contributed by atoms with Crippen LogP contribution < -0.4 is 82.7 Å². The van der Waals surface area contributed by atoms with Crippen LogP contribution in [-0.4, -0.2) is 168 Å². The Morgan fingerprint density at radius 3 is 1.35 bits per heavy atom. The molecule has 0 aliphatic carbocycles. The van der Waals surface area contributed by atoms with Gasteiger partial charge in [0.1, 0.15) is 42.3 Å². The van der Waals surface area contributed by atoms with E-state index in [9.17, 15) is 48.3 Å². The normalized spacial score (nSPS) is 14.0. The molecule has 1 aromatic carbocycles. The SMILES string of the molecule is CC(C)C[C@H](NC(=O)[C@H](CS)NC(=O)[C@@H](N)CCCN=C(N)N)C(=O)N[C@@H](CS)C(=O)N[C@@H](CCCN=C(N)N)C(=O)N[C@@H](CCCN=C(N)N)C(=O)NCC(=O)N[C@@H](Cc1ccccc1)C(=O)N[C@@H](CS)C(=O)O. The van der Waals surface area contributed by atoms with Gasteiger partial charge in [0.05, 0.1) is 12.6 Å². The predicted molar refractivity (Wildman–Crippen MR) is 293 cm³/mol. The van der Waals surface area contributed by atoms with E-state index in [4.69, 9.17) is 40.1 Å². The number of aliphatic imine (C=N–C) groups is 3. The number of nitrogens with zero attached hydrogens (tertiary/aromatic N) is 3. The van der Waals surface area contributed by atoms with Crippen molar-refractivity contribution in [2.24, 2.45) is 61.0 Å². The minimum Gasteiger partial charge on any atom is -0.480 e. The van der Waals surface area contributed by atoms with E-state index in [0.29, 0.717) is 12.0 Å². The Morgan fingerprint density at radius 1 is 0.507 bits per heavy atom. The molecule has 1 aromatic rings. The van der Waals surface area contributed by atoms with Crippen molar-refractivity contribution in [1.29, 1.82) is 0 Å². The number of carbonyl (C=O) groups is 9. The maximum atomic E-state index is 14.1. The van der Waals surface area contributed by atoms with Gasteiger partial charge in [-0.05, 0) is 56.4 Å². The third-order valence-electron chi connectivity index (χ3n) is 10.6. The quantitative estimate of drug-likeness (QED) is 0.0129. The van der Waals surface area contributed by atoms with Gasteiger partial charge < -0.3 is 87.8 Å². The number of carbonyl (C=O) groups excluding carboxylic acids is 8. The van der Waals surface area contributed by atoms with Gasteiger partial charge in [-0.2, -0.15) is 37.9 Å². The topological polar surface area (TPSA) is 489 Å². The van der Waals surface area contributed by atoms with Crippen LogP contribution in [0.25, 0.3) is 0 Å². The summed E-state index contributed by atoms with van der Waals surface area (Å²) in [7, 11) is 0. The first-order valence-corrected chi connectivity index (χ1v) is 25.7. The number of amides is 8. The van der Waals surface area contributed by atoms with Crippen LogP contribution in [0.15, 0.2) is 45.3 Å². The summed E-state index contributed by atoms with van der Waals surface area (Å²) in [5.74, 6) is -9.29. The summed E-state index contributed by atoms with van der Waals surface area (Å²) in [5, 5.41) is 29.6. The van der Waals surface area contributed by atoms with Crippen LogP contribution in [-0.2, 0) is 49.6 Å². The molecule has 31 heteroatoms. The van der Waals surface area contributed by atoms with Crippen LogP contribution in [0.3, 0.4) is 0 Å². The molecule has 0 radical (unpaired) electrons.